The molecule has 0 unspecified atom stereocenters. The number of carbonyl (C=O) groups excluding carboxylic acids is 1. The van der Waals surface area contributed by atoms with Crippen molar-refractivity contribution in [2.75, 3.05) is 6.54 Å². The molecule has 0 bridgehead atoms. The Morgan fingerprint density at radius 2 is 2.17 bits per heavy atom. The van der Waals surface area contributed by atoms with Gasteiger partial charge in [-0.1, -0.05) is 23.7 Å². The van der Waals surface area contributed by atoms with Crippen LogP contribution in [0.2, 0.25) is 5.02 Å². The minimum absolute atomic E-state index is 0.110. The Balaban J connectivity index is 1.86. The molecule has 2 rings (SSSR count). The SMILES string of the molecule is O=C(NCCc1cccnc1)c1cccc(Cl)c1. The van der Waals surface area contributed by atoms with Crippen LogP contribution in [0.15, 0.2) is 48.8 Å². The summed E-state index contributed by atoms with van der Waals surface area (Å²) in [6.07, 6.45) is 4.29. The van der Waals surface area contributed by atoms with Crippen LogP contribution in [0.3, 0.4) is 0 Å². The van der Waals surface area contributed by atoms with Crippen LogP contribution in [0.1, 0.15) is 15.9 Å². The summed E-state index contributed by atoms with van der Waals surface area (Å²) in [5.41, 5.74) is 1.68. The number of halogens is 1. The lowest BCUT2D eigenvalue weighted by atomic mass is 10.2. The molecule has 1 N–H and O–H groups in total. The van der Waals surface area contributed by atoms with E-state index in [1.165, 1.54) is 0 Å². The molecule has 0 saturated carbocycles. The standard InChI is InChI=1S/C14H13ClN2O/c15-13-5-1-4-12(9-13)14(18)17-8-6-11-3-2-7-16-10-11/h1-5,7,9-10H,6,8H2,(H,17,18). The number of nitrogens with zero attached hydrogens (tertiary/aromatic N) is 1. The third-order valence-corrected chi connectivity index (χ3v) is 2.74. The summed E-state index contributed by atoms with van der Waals surface area (Å²) in [6.45, 7) is 0.580. The number of hydrogen-bond acceptors (Lipinski definition) is 2. The van der Waals surface area contributed by atoms with Gasteiger partial charge in [-0.05, 0) is 36.2 Å². The fourth-order valence-electron chi connectivity index (χ4n) is 1.60. The summed E-state index contributed by atoms with van der Waals surface area (Å²) < 4.78 is 0. The van der Waals surface area contributed by atoms with Gasteiger partial charge < -0.3 is 5.32 Å². The van der Waals surface area contributed by atoms with Crippen molar-refractivity contribution in [3.05, 3.63) is 64.9 Å². The Bertz CT molecular complexity index is 528. The van der Waals surface area contributed by atoms with Gasteiger partial charge in [0.1, 0.15) is 0 Å². The molecule has 1 aromatic heterocycles. The third-order valence-electron chi connectivity index (χ3n) is 2.51. The second kappa shape index (κ2) is 6.17. The predicted molar refractivity (Wildman–Crippen MR) is 71.7 cm³/mol. The maximum Gasteiger partial charge on any atom is 0.251 e. The van der Waals surface area contributed by atoms with E-state index in [0.717, 1.165) is 12.0 Å². The van der Waals surface area contributed by atoms with E-state index in [-0.39, 0.29) is 5.91 Å². The molecule has 0 fully saturated rings. The number of amides is 1. The molecule has 92 valence electrons. The maximum absolute atomic E-state index is 11.8. The van der Waals surface area contributed by atoms with E-state index in [0.29, 0.717) is 17.1 Å². The molecule has 3 nitrogen and oxygen atoms in total. The largest absolute Gasteiger partial charge is 0.352 e. The Morgan fingerprint density at radius 1 is 1.28 bits per heavy atom. The van der Waals surface area contributed by atoms with Crippen molar-refractivity contribution in [2.45, 2.75) is 6.42 Å². The van der Waals surface area contributed by atoms with Crippen LogP contribution in [0.5, 0.6) is 0 Å². The molecular formula is C14H13ClN2O. The average Bonchev–Trinajstić information content (AvgIpc) is 2.40. The molecule has 4 heteroatoms. The molecular weight excluding hydrogens is 248 g/mol. The van der Waals surface area contributed by atoms with Crippen LogP contribution in [0.4, 0.5) is 0 Å². The first kappa shape index (κ1) is 12.6. The lowest BCUT2D eigenvalue weighted by Crippen LogP contribution is -2.25. The van der Waals surface area contributed by atoms with Crippen LogP contribution >= 0.6 is 11.6 Å². The van der Waals surface area contributed by atoms with Crippen LogP contribution < -0.4 is 5.32 Å². The van der Waals surface area contributed by atoms with Gasteiger partial charge in [-0.2, -0.15) is 0 Å². The van der Waals surface area contributed by atoms with Crippen LogP contribution in [0.25, 0.3) is 0 Å². The topological polar surface area (TPSA) is 42.0 Å². The van der Waals surface area contributed by atoms with E-state index in [4.69, 9.17) is 11.6 Å². The number of nitrogens with one attached hydrogen (secondary N) is 1. The molecule has 0 aliphatic rings. The van der Waals surface area contributed by atoms with Crippen molar-refractivity contribution in [1.29, 1.82) is 0 Å². The van der Waals surface area contributed by atoms with E-state index >= 15 is 0 Å². The fourth-order valence-corrected chi connectivity index (χ4v) is 1.79. The highest BCUT2D eigenvalue weighted by molar-refractivity contribution is 6.30. The van der Waals surface area contributed by atoms with Gasteiger partial charge in [0, 0.05) is 29.5 Å². The lowest BCUT2D eigenvalue weighted by Gasteiger charge is -2.05. The first-order chi connectivity index (χ1) is 8.75. The minimum atomic E-state index is -0.110. The highest BCUT2D eigenvalue weighted by Gasteiger charge is 2.04. The maximum atomic E-state index is 11.8. The van der Waals surface area contributed by atoms with Crippen molar-refractivity contribution in [3.8, 4) is 0 Å². The number of hydrogen-bond donors (Lipinski definition) is 1. The van der Waals surface area contributed by atoms with Gasteiger partial charge >= 0.3 is 0 Å². The molecule has 0 atom stereocenters. The van der Waals surface area contributed by atoms with Gasteiger partial charge in [-0.25, -0.2) is 0 Å². The first-order valence-corrected chi connectivity index (χ1v) is 6.06. The van der Waals surface area contributed by atoms with Crippen molar-refractivity contribution in [1.82, 2.24) is 10.3 Å². The summed E-state index contributed by atoms with van der Waals surface area (Å²) in [5.74, 6) is -0.110. The van der Waals surface area contributed by atoms with E-state index in [1.54, 1.807) is 36.7 Å². The van der Waals surface area contributed by atoms with Gasteiger partial charge in [0.25, 0.3) is 5.91 Å². The van der Waals surface area contributed by atoms with E-state index in [2.05, 4.69) is 10.3 Å². The van der Waals surface area contributed by atoms with Gasteiger partial charge in [-0.3, -0.25) is 9.78 Å². The predicted octanol–water partition coefficient (Wildman–Crippen LogP) is 2.71. The number of benzene rings is 1. The summed E-state index contributed by atoms with van der Waals surface area (Å²) in [7, 11) is 0. The monoisotopic (exact) mass is 260 g/mol. The molecule has 0 radical (unpaired) electrons. The summed E-state index contributed by atoms with van der Waals surface area (Å²) in [6, 6.07) is 10.8. The molecule has 2 aromatic rings. The quantitative estimate of drug-likeness (QED) is 0.918. The zero-order chi connectivity index (χ0) is 12.8. The lowest BCUT2D eigenvalue weighted by molar-refractivity contribution is 0.0954. The number of rotatable bonds is 4. The van der Waals surface area contributed by atoms with Gasteiger partial charge in [0.05, 0.1) is 0 Å². The molecule has 1 heterocycles. The van der Waals surface area contributed by atoms with Gasteiger partial charge in [-0.15, -0.1) is 0 Å². The smallest absolute Gasteiger partial charge is 0.251 e. The highest BCUT2D eigenvalue weighted by atomic mass is 35.5. The minimum Gasteiger partial charge on any atom is -0.352 e. The Hall–Kier alpha value is -1.87. The number of pyridine rings is 1. The molecule has 0 aliphatic carbocycles. The normalized spacial score (nSPS) is 10.1. The molecule has 1 aromatic carbocycles. The number of aromatic nitrogens is 1. The number of carbonyl (C=O) groups is 1. The summed E-state index contributed by atoms with van der Waals surface area (Å²) in [5, 5.41) is 3.41. The van der Waals surface area contributed by atoms with E-state index in [9.17, 15) is 4.79 Å². The summed E-state index contributed by atoms with van der Waals surface area (Å²) >= 11 is 5.83. The molecule has 1 amide bonds. The average molecular weight is 261 g/mol. The van der Waals surface area contributed by atoms with Crippen LogP contribution in [-0.2, 0) is 6.42 Å². The van der Waals surface area contributed by atoms with Gasteiger partial charge in [0.2, 0.25) is 0 Å². The highest BCUT2D eigenvalue weighted by Crippen LogP contribution is 2.10. The van der Waals surface area contributed by atoms with Crippen molar-refractivity contribution in [3.63, 3.8) is 0 Å². The second-order valence-corrected chi connectivity index (χ2v) is 4.31. The molecule has 0 aliphatic heterocycles. The van der Waals surface area contributed by atoms with Crippen molar-refractivity contribution < 1.29 is 4.79 Å². The first-order valence-electron chi connectivity index (χ1n) is 5.68. The zero-order valence-electron chi connectivity index (χ0n) is 9.77. The molecule has 0 spiro atoms. The molecule has 18 heavy (non-hydrogen) atoms. The van der Waals surface area contributed by atoms with E-state index in [1.807, 2.05) is 12.1 Å². The van der Waals surface area contributed by atoms with Crippen LogP contribution in [-0.4, -0.2) is 17.4 Å². The Kier molecular flexibility index (Phi) is 4.31. The third kappa shape index (κ3) is 3.57. The summed E-state index contributed by atoms with van der Waals surface area (Å²) in [4.78, 5) is 15.8. The van der Waals surface area contributed by atoms with E-state index < -0.39 is 0 Å². The van der Waals surface area contributed by atoms with Crippen molar-refractivity contribution >= 4 is 17.5 Å². The molecule has 0 saturated heterocycles. The fraction of sp³-hybridized carbons (Fsp3) is 0.143. The Labute approximate surface area is 111 Å². The second-order valence-electron chi connectivity index (χ2n) is 3.88. The van der Waals surface area contributed by atoms with Crippen molar-refractivity contribution in [2.24, 2.45) is 0 Å². The van der Waals surface area contributed by atoms with Gasteiger partial charge in [0.15, 0.2) is 0 Å². The van der Waals surface area contributed by atoms with Crippen LogP contribution in [0, 0.1) is 0 Å². The zero-order valence-corrected chi connectivity index (χ0v) is 10.5. The Morgan fingerprint density at radius 3 is 2.89 bits per heavy atom.